The van der Waals surface area contributed by atoms with Crippen molar-refractivity contribution in [2.24, 2.45) is 17.8 Å². The van der Waals surface area contributed by atoms with Gasteiger partial charge in [0.05, 0.1) is 0 Å². The van der Waals surface area contributed by atoms with Crippen LogP contribution in [0.5, 0.6) is 0 Å². The molecule has 0 aromatic carbocycles. The zero-order valence-corrected chi connectivity index (χ0v) is 41.3. The highest BCUT2D eigenvalue weighted by Gasteiger charge is 2.19. The molecule has 0 rings (SSSR count). The van der Waals surface area contributed by atoms with Gasteiger partial charge in [-0.15, -0.1) is 0 Å². The first-order valence-corrected chi connectivity index (χ1v) is 26.6. The lowest BCUT2D eigenvalue weighted by molar-refractivity contribution is -0.167. The minimum absolute atomic E-state index is 0.0651. The highest BCUT2D eigenvalue weighted by Crippen LogP contribution is 2.18. The van der Waals surface area contributed by atoms with E-state index < -0.39 is 6.10 Å². The third kappa shape index (κ3) is 45.9. The number of rotatable bonds is 47. The van der Waals surface area contributed by atoms with Gasteiger partial charge < -0.3 is 14.2 Å². The Bertz CT molecular complexity index is 931. The largest absolute Gasteiger partial charge is 0.462 e. The van der Waals surface area contributed by atoms with Crippen molar-refractivity contribution >= 4 is 17.9 Å². The molecule has 0 aliphatic rings. The minimum atomic E-state index is -0.763. The lowest BCUT2D eigenvalue weighted by atomic mass is 9.99. The van der Waals surface area contributed by atoms with Crippen molar-refractivity contribution in [2.75, 3.05) is 13.2 Å². The van der Waals surface area contributed by atoms with Gasteiger partial charge in [0.25, 0.3) is 0 Å². The Morgan fingerprint density at radius 1 is 0.333 bits per heavy atom. The molecule has 0 aliphatic carbocycles. The fourth-order valence-electron chi connectivity index (χ4n) is 8.08. The summed E-state index contributed by atoms with van der Waals surface area (Å²) in [5, 5.41) is 0. The molecule has 2 atom stereocenters. The van der Waals surface area contributed by atoms with Crippen molar-refractivity contribution in [1.82, 2.24) is 0 Å². The molecule has 0 spiro atoms. The number of carbonyl (C=O) groups is 3. The van der Waals surface area contributed by atoms with Crippen molar-refractivity contribution in [3.05, 3.63) is 0 Å². The van der Waals surface area contributed by atoms with Gasteiger partial charge in [-0.05, 0) is 37.0 Å². The van der Waals surface area contributed by atoms with E-state index in [4.69, 9.17) is 14.2 Å². The Balaban J connectivity index is 4.25. The van der Waals surface area contributed by atoms with Gasteiger partial charge in [0.2, 0.25) is 0 Å². The number of esters is 3. The standard InChI is InChI=1S/C54H104O6/c1-7-50(6)42-36-30-24-18-15-16-20-26-32-38-44-53(56)59-47-51(60-54(57)45-39-33-27-21-23-29-35-41-49(4)5)46-58-52(55)43-37-31-25-19-14-12-10-8-9-11-13-17-22-28-34-40-48(2)3/h48-51H,7-47H2,1-6H3/t50?,51-/m1/s1. The van der Waals surface area contributed by atoms with E-state index in [0.29, 0.717) is 19.3 Å². The third-order valence-electron chi connectivity index (χ3n) is 12.5. The molecule has 60 heavy (non-hydrogen) atoms. The van der Waals surface area contributed by atoms with E-state index >= 15 is 0 Å². The maximum Gasteiger partial charge on any atom is 0.306 e. The van der Waals surface area contributed by atoms with Crippen LogP contribution in [-0.2, 0) is 28.6 Å². The molecular formula is C54H104O6. The van der Waals surface area contributed by atoms with Crippen molar-refractivity contribution in [2.45, 2.75) is 298 Å². The summed E-state index contributed by atoms with van der Waals surface area (Å²) in [6.45, 7) is 13.7. The number of hydrogen-bond acceptors (Lipinski definition) is 6. The molecule has 0 fully saturated rings. The SMILES string of the molecule is CCC(C)CCCCCCCCCCCCC(=O)OC[C@@H](COC(=O)CCCCCCCCCCCCCCCCCC(C)C)OC(=O)CCCCCCCCCC(C)C. The van der Waals surface area contributed by atoms with Crippen LogP contribution in [0.3, 0.4) is 0 Å². The van der Waals surface area contributed by atoms with Crippen LogP contribution in [0.15, 0.2) is 0 Å². The Hall–Kier alpha value is -1.59. The summed E-state index contributed by atoms with van der Waals surface area (Å²) in [5.74, 6) is 1.64. The van der Waals surface area contributed by atoms with Gasteiger partial charge >= 0.3 is 17.9 Å². The van der Waals surface area contributed by atoms with E-state index in [2.05, 4.69) is 41.5 Å². The molecule has 6 nitrogen and oxygen atoms in total. The molecule has 0 heterocycles. The van der Waals surface area contributed by atoms with E-state index in [1.807, 2.05) is 0 Å². The smallest absolute Gasteiger partial charge is 0.306 e. The predicted octanol–water partition coefficient (Wildman–Crippen LogP) is 17.2. The van der Waals surface area contributed by atoms with Crippen LogP contribution in [0.25, 0.3) is 0 Å². The summed E-state index contributed by atoms with van der Waals surface area (Å²) in [5.41, 5.74) is 0. The van der Waals surface area contributed by atoms with Crippen LogP contribution >= 0.6 is 0 Å². The van der Waals surface area contributed by atoms with E-state index in [0.717, 1.165) is 75.5 Å². The van der Waals surface area contributed by atoms with E-state index in [1.165, 1.54) is 173 Å². The summed E-state index contributed by atoms with van der Waals surface area (Å²) in [4.78, 5) is 37.9. The first kappa shape index (κ1) is 58.4. The molecule has 0 N–H and O–H groups in total. The number of hydrogen-bond donors (Lipinski definition) is 0. The lowest BCUT2D eigenvalue weighted by Gasteiger charge is -2.18. The van der Waals surface area contributed by atoms with Crippen LogP contribution in [-0.4, -0.2) is 37.2 Å². The first-order valence-electron chi connectivity index (χ1n) is 26.6. The fraction of sp³-hybridized carbons (Fsp3) is 0.944. The van der Waals surface area contributed by atoms with Crippen LogP contribution in [0.4, 0.5) is 0 Å². The highest BCUT2D eigenvalue weighted by molar-refractivity contribution is 5.71. The van der Waals surface area contributed by atoms with E-state index in [9.17, 15) is 14.4 Å². The van der Waals surface area contributed by atoms with Gasteiger partial charge in [-0.25, -0.2) is 0 Å². The number of unbranched alkanes of at least 4 members (excludes halogenated alkanes) is 29. The molecule has 0 aromatic rings. The molecule has 1 unspecified atom stereocenters. The topological polar surface area (TPSA) is 78.9 Å². The van der Waals surface area contributed by atoms with Gasteiger partial charge in [-0.3, -0.25) is 14.4 Å². The molecule has 0 saturated heterocycles. The molecule has 6 heteroatoms. The minimum Gasteiger partial charge on any atom is -0.462 e. The molecule has 0 bridgehead atoms. The van der Waals surface area contributed by atoms with Crippen molar-refractivity contribution in [1.29, 1.82) is 0 Å². The monoisotopic (exact) mass is 849 g/mol. The molecule has 0 amide bonds. The summed E-state index contributed by atoms with van der Waals surface area (Å²) >= 11 is 0. The zero-order valence-electron chi connectivity index (χ0n) is 41.3. The van der Waals surface area contributed by atoms with Crippen molar-refractivity contribution in [3.8, 4) is 0 Å². The average molecular weight is 849 g/mol. The molecular weight excluding hydrogens is 745 g/mol. The Morgan fingerprint density at radius 2 is 0.583 bits per heavy atom. The summed E-state index contributed by atoms with van der Waals surface area (Å²) in [7, 11) is 0. The molecule has 0 saturated carbocycles. The second-order valence-electron chi connectivity index (χ2n) is 19.7. The third-order valence-corrected chi connectivity index (χ3v) is 12.5. The van der Waals surface area contributed by atoms with Crippen molar-refractivity contribution in [3.63, 3.8) is 0 Å². The van der Waals surface area contributed by atoms with Crippen molar-refractivity contribution < 1.29 is 28.6 Å². The van der Waals surface area contributed by atoms with Crippen LogP contribution in [0.1, 0.15) is 292 Å². The summed E-state index contributed by atoms with van der Waals surface area (Å²) in [6, 6.07) is 0. The maximum atomic E-state index is 12.8. The zero-order chi connectivity index (χ0) is 44.2. The average Bonchev–Trinajstić information content (AvgIpc) is 3.22. The Labute approximate surface area is 374 Å². The summed E-state index contributed by atoms with van der Waals surface area (Å²) < 4.78 is 16.8. The fourth-order valence-corrected chi connectivity index (χ4v) is 8.08. The van der Waals surface area contributed by atoms with Gasteiger partial charge in [0.1, 0.15) is 13.2 Å². The second-order valence-corrected chi connectivity index (χ2v) is 19.7. The maximum absolute atomic E-state index is 12.8. The highest BCUT2D eigenvalue weighted by atomic mass is 16.6. The van der Waals surface area contributed by atoms with Crippen LogP contribution < -0.4 is 0 Å². The number of ether oxygens (including phenoxy) is 3. The Kier molecular flexibility index (Phi) is 44.2. The first-order chi connectivity index (χ1) is 29.1. The predicted molar refractivity (Wildman–Crippen MR) is 256 cm³/mol. The molecule has 0 aromatic heterocycles. The number of carbonyl (C=O) groups excluding carboxylic acids is 3. The van der Waals surface area contributed by atoms with E-state index in [-0.39, 0.29) is 31.1 Å². The Morgan fingerprint density at radius 3 is 0.867 bits per heavy atom. The van der Waals surface area contributed by atoms with Gasteiger partial charge in [0, 0.05) is 19.3 Å². The second kappa shape index (κ2) is 45.4. The van der Waals surface area contributed by atoms with Gasteiger partial charge in [0.15, 0.2) is 6.10 Å². The lowest BCUT2D eigenvalue weighted by Crippen LogP contribution is -2.30. The molecule has 0 aliphatic heterocycles. The van der Waals surface area contributed by atoms with E-state index in [1.54, 1.807) is 0 Å². The van der Waals surface area contributed by atoms with Gasteiger partial charge in [-0.1, -0.05) is 253 Å². The van der Waals surface area contributed by atoms with Crippen LogP contribution in [0.2, 0.25) is 0 Å². The van der Waals surface area contributed by atoms with Gasteiger partial charge in [-0.2, -0.15) is 0 Å². The summed E-state index contributed by atoms with van der Waals surface area (Å²) in [6.07, 6.45) is 45.2. The van der Waals surface area contributed by atoms with Crippen LogP contribution in [0, 0.1) is 17.8 Å². The quantitative estimate of drug-likeness (QED) is 0.0345. The molecule has 356 valence electrons. The normalized spacial score (nSPS) is 12.6. The molecule has 0 radical (unpaired) electrons.